The van der Waals surface area contributed by atoms with E-state index in [9.17, 15) is 4.79 Å². The number of nitrogens with one attached hydrogen (secondary N) is 1. The second-order valence-electron chi connectivity index (χ2n) is 6.64. The van der Waals surface area contributed by atoms with Crippen LogP contribution in [0.3, 0.4) is 0 Å². The van der Waals surface area contributed by atoms with Crippen molar-refractivity contribution in [1.82, 2.24) is 10.2 Å². The lowest BCUT2D eigenvalue weighted by Crippen LogP contribution is -2.46. The van der Waals surface area contributed by atoms with Gasteiger partial charge in [-0.05, 0) is 57.9 Å². The van der Waals surface area contributed by atoms with E-state index in [1.807, 2.05) is 18.9 Å². The zero-order chi connectivity index (χ0) is 14.0. The molecule has 5 unspecified atom stereocenters. The largest absolute Gasteiger partial charge is 0.395 e. The molecule has 1 amide bonds. The molecule has 0 radical (unpaired) electrons. The molecule has 2 saturated carbocycles. The number of likely N-dealkylation sites (N-methyl/N-ethyl adjacent to an activating group) is 1. The molecule has 4 nitrogen and oxygen atoms in total. The highest BCUT2D eigenvalue weighted by atomic mass is 16.3. The predicted molar refractivity (Wildman–Crippen MR) is 75.7 cm³/mol. The van der Waals surface area contributed by atoms with Crippen molar-refractivity contribution in [3.63, 3.8) is 0 Å². The lowest BCUT2D eigenvalue weighted by molar-refractivity contribution is -0.123. The molecule has 0 aromatic carbocycles. The SMILES string of the molecule is CC(NC(=O)CN(C)C(C)CO)C1CC2CCC1C2. The number of amides is 1. The second kappa shape index (κ2) is 6.23. The standard InChI is InChI=1S/C15H28N2O2/c1-10(9-18)17(3)8-15(19)16-11(2)14-7-12-4-5-13(14)6-12/h10-14,18H,4-9H2,1-3H3,(H,16,19). The lowest BCUT2D eigenvalue weighted by Gasteiger charge is -2.29. The molecule has 19 heavy (non-hydrogen) atoms. The number of nitrogens with zero attached hydrogens (tertiary/aromatic N) is 1. The van der Waals surface area contributed by atoms with Gasteiger partial charge in [0, 0.05) is 12.1 Å². The fourth-order valence-corrected chi connectivity index (χ4v) is 3.83. The minimum Gasteiger partial charge on any atom is -0.395 e. The zero-order valence-electron chi connectivity index (χ0n) is 12.4. The van der Waals surface area contributed by atoms with Gasteiger partial charge in [-0.1, -0.05) is 6.42 Å². The monoisotopic (exact) mass is 268 g/mol. The molecule has 0 aromatic heterocycles. The number of hydrogen-bond donors (Lipinski definition) is 2. The highest BCUT2D eigenvalue weighted by Gasteiger charge is 2.42. The Morgan fingerprint density at radius 3 is 2.63 bits per heavy atom. The van der Waals surface area contributed by atoms with Gasteiger partial charge < -0.3 is 10.4 Å². The summed E-state index contributed by atoms with van der Waals surface area (Å²) in [6.07, 6.45) is 5.44. The molecule has 5 atom stereocenters. The molecule has 2 rings (SSSR count). The van der Waals surface area contributed by atoms with Crippen molar-refractivity contribution in [2.75, 3.05) is 20.2 Å². The van der Waals surface area contributed by atoms with Crippen LogP contribution in [-0.2, 0) is 4.79 Å². The Morgan fingerprint density at radius 2 is 2.11 bits per heavy atom. The van der Waals surface area contributed by atoms with Crippen LogP contribution in [0.2, 0.25) is 0 Å². The van der Waals surface area contributed by atoms with Gasteiger partial charge in [0.15, 0.2) is 0 Å². The Kier molecular flexibility index (Phi) is 4.85. The van der Waals surface area contributed by atoms with E-state index in [1.165, 1.54) is 25.7 Å². The maximum absolute atomic E-state index is 12.0. The van der Waals surface area contributed by atoms with E-state index >= 15 is 0 Å². The number of rotatable bonds is 6. The van der Waals surface area contributed by atoms with Gasteiger partial charge in [0.2, 0.25) is 5.91 Å². The molecule has 0 spiro atoms. The first kappa shape index (κ1) is 14.8. The van der Waals surface area contributed by atoms with Crippen molar-refractivity contribution in [2.45, 2.75) is 51.6 Å². The molecule has 110 valence electrons. The van der Waals surface area contributed by atoms with Gasteiger partial charge in [-0.3, -0.25) is 9.69 Å². The first-order chi connectivity index (χ1) is 9.01. The quantitative estimate of drug-likeness (QED) is 0.762. The van der Waals surface area contributed by atoms with E-state index in [0.717, 1.165) is 11.8 Å². The summed E-state index contributed by atoms with van der Waals surface area (Å²) in [5, 5.41) is 12.2. The summed E-state index contributed by atoms with van der Waals surface area (Å²) in [4.78, 5) is 13.9. The molecule has 2 N–H and O–H groups in total. The first-order valence-electron chi connectivity index (χ1n) is 7.61. The van der Waals surface area contributed by atoms with Gasteiger partial charge in [0.25, 0.3) is 0 Å². The Bertz CT molecular complexity index is 321. The summed E-state index contributed by atoms with van der Waals surface area (Å²) >= 11 is 0. The Balaban J connectivity index is 1.76. The van der Waals surface area contributed by atoms with Crippen LogP contribution < -0.4 is 5.32 Å². The molecule has 0 aromatic rings. The fraction of sp³-hybridized carbons (Fsp3) is 0.933. The number of fused-ring (bicyclic) bond motifs is 2. The maximum atomic E-state index is 12.0. The van der Waals surface area contributed by atoms with Crippen molar-refractivity contribution in [2.24, 2.45) is 17.8 Å². The molecule has 2 fully saturated rings. The predicted octanol–water partition coefficient (Wildman–Crippen LogP) is 1.24. The molecule has 0 heterocycles. The second-order valence-corrected chi connectivity index (χ2v) is 6.64. The normalized spacial score (nSPS) is 32.6. The highest BCUT2D eigenvalue weighted by molar-refractivity contribution is 5.78. The molecule has 4 heteroatoms. The van der Waals surface area contributed by atoms with E-state index < -0.39 is 0 Å². The third-order valence-electron chi connectivity index (χ3n) is 5.23. The van der Waals surface area contributed by atoms with Crippen molar-refractivity contribution in [3.05, 3.63) is 0 Å². The molecular formula is C15H28N2O2. The van der Waals surface area contributed by atoms with Crippen LogP contribution in [0.1, 0.15) is 39.5 Å². The molecule has 0 saturated heterocycles. The van der Waals surface area contributed by atoms with E-state index in [-0.39, 0.29) is 18.6 Å². The summed E-state index contributed by atoms with van der Waals surface area (Å²) < 4.78 is 0. The van der Waals surface area contributed by atoms with Crippen LogP contribution in [0.15, 0.2) is 0 Å². The van der Waals surface area contributed by atoms with Crippen LogP contribution in [0.25, 0.3) is 0 Å². The summed E-state index contributed by atoms with van der Waals surface area (Å²) in [5.74, 6) is 2.53. The van der Waals surface area contributed by atoms with Crippen LogP contribution in [0, 0.1) is 17.8 Å². The number of carbonyl (C=O) groups excluding carboxylic acids is 1. The van der Waals surface area contributed by atoms with Crippen LogP contribution in [0.4, 0.5) is 0 Å². The summed E-state index contributed by atoms with van der Waals surface area (Å²) in [6, 6.07) is 0.323. The van der Waals surface area contributed by atoms with Crippen molar-refractivity contribution < 1.29 is 9.90 Å². The van der Waals surface area contributed by atoms with E-state index in [4.69, 9.17) is 5.11 Å². The third-order valence-corrected chi connectivity index (χ3v) is 5.23. The average Bonchev–Trinajstić information content (AvgIpc) is 2.99. The molecule has 0 aliphatic heterocycles. The zero-order valence-corrected chi connectivity index (χ0v) is 12.4. The fourth-order valence-electron chi connectivity index (χ4n) is 3.83. The Hall–Kier alpha value is -0.610. The highest BCUT2D eigenvalue weighted by Crippen LogP contribution is 2.49. The van der Waals surface area contributed by atoms with Crippen LogP contribution in [-0.4, -0.2) is 48.2 Å². The average molecular weight is 268 g/mol. The maximum Gasteiger partial charge on any atom is 0.234 e. The molecule has 2 aliphatic rings. The summed E-state index contributed by atoms with van der Waals surface area (Å²) in [5.41, 5.74) is 0. The number of aliphatic hydroxyl groups is 1. The van der Waals surface area contributed by atoms with Gasteiger partial charge >= 0.3 is 0 Å². The Morgan fingerprint density at radius 1 is 1.37 bits per heavy atom. The van der Waals surface area contributed by atoms with E-state index in [1.54, 1.807) is 0 Å². The Labute approximate surface area is 116 Å². The van der Waals surface area contributed by atoms with Crippen molar-refractivity contribution in [1.29, 1.82) is 0 Å². The van der Waals surface area contributed by atoms with Gasteiger partial charge in [0.05, 0.1) is 13.2 Å². The minimum atomic E-state index is 0.0311. The minimum absolute atomic E-state index is 0.0311. The summed E-state index contributed by atoms with van der Waals surface area (Å²) in [6.45, 7) is 4.53. The lowest BCUT2D eigenvalue weighted by atomic mass is 9.84. The number of aliphatic hydroxyl groups excluding tert-OH is 1. The smallest absolute Gasteiger partial charge is 0.234 e. The first-order valence-corrected chi connectivity index (χ1v) is 7.61. The number of carbonyl (C=O) groups is 1. The van der Waals surface area contributed by atoms with Crippen LogP contribution >= 0.6 is 0 Å². The van der Waals surface area contributed by atoms with Crippen molar-refractivity contribution in [3.8, 4) is 0 Å². The van der Waals surface area contributed by atoms with E-state index in [2.05, 4.69) is 12.2 Å². The molecule has 2 bridgehead atoms. The van der Waals surface area contributed by atoms with Gasteiger partial charge in [-0.15, -0.1) is 0 Å². The van der Waals surface area contributed by atoms with Crippen LogP contribution in [0.5, 0.6) is 0 Å². The van der Waals surface area contributed by atoms with Gasteiger partial charge in [-0.2, -0.15) is 0 Å². The summed E-state index contributed by atoms with van der Waals surface area (Å²) in [7, 11) is 1.88. The third kappa shape index (κ3) is 3.48. The van der Waals surface area contributed by atoms with E-state index in [0.29, 0.717) is 18.5 Å². The molecule has 2 aliphatic carbocycles. The molecular weight excluding hydrogens is 240 g/mol. The van der Waals surface area contributed by atoms with Gasteiger partial charge in [0.1, 0.15) is 0 Å². The van der Waals surface area contributed by atoms with Gasteiger partial charge in [-0.25, -0.2) is 0 Å². The van der Waals surface area contributed by atoms with Crippen molar-refractivity contribution >= 4 is 5.91 Å². The topological polar surface area (TPSA) is 52.6 Å². The number of hydrogen-bond acceptors (Lipinski definition) is 3.